The molecule has 0 unspecified atom stereocenters. The molecule has 0 saturated carbocycles. The first-order valence-electron chi connectivity index (χ1n) is 9.37. The number of anilines is 2. The van der Waals surface area contributed by atoms with Crippen molar-refractivity contribution >= 4 is 34.2 Å². The third kappa shape index (κ3) is 4.13. The molecule has 4 rings (SSSR count). The number of carbonyl (C=O) groups excluding carboxylic acids is 2. The van der Waals surface area contributed by atoms with Gasteiger partial charge in [-0.2, -0.15) is 0 Å². The van der Waals surface area contributed by atoms with Crippen LogP contribution in [0.4, 0.5) is 11.4 Å². The van der Waals surface area contributed by atoms with Crippen molar-refractivity contribution in [3.8, 4) is 5.75 Å². The zero-order valence-electron chi connectivity index (χ0n) is 15.9. The predicted octanol–water partition coefficient (Wildman–Crippen LogP) is 3.25. The Morgan fingerprint density at radius 1 is 1.17 bits per heavy atom. The van der Waals surface area contributed by atoms with Gasteiger partial charge in [-0.05, 0) is 49.2 Å². The van der Waals surface area contributed by atoms with Gasteiger partial charge < -0.3 is 19.4 Å². The highest BCUT2D eigenvalue weighted by Gasteiger charge is 2.21. The van der Waals surface area contributed by atoms with E-state index in [2.05, 4.69) is 5.32 Å². The van der Waals surface area contributed by atoms with Gasteiger partial charge in [0.1, 0.15) is 11.3 Å². The van der Waals surface area contributed by atoms with Crippen molar-refractivity contribution in [3.63, 3.8) is 0 Å². The standard InChI is InChI=1S/C22H20N2O5/c1-14-10-22(27)29-19-12-17(7-8-18(14)19)28-13-20(25)23-15-4-2-5-16(11-15)24-9-3-6-21(24)26/h2,4-5,7-8,10-12H,3,6,9,13H2,1H3,(H,23,25). The first kappa shape index (κ1) is 18.7. The van der Waals surface area contributed by atoms with Gasteiger partial charge in [-0.3, -0.25) is 9.59 Å². The lowest BCUT2D eigenvalue weighted by Gasteiger charge is -2.16. The summed E-state index contributed by atoms with van der Waals surface area (Å²) in [7, 11) is 0. The van der Waals surface area contributed by atoms with Gasteiger partial charge in [0.2, 0.25) is 5.91 Å². The van der Waals surface area contributed by atoms with Crippen LogP contribution in [0.25, 0.3) is 11.0 Å². The van der Waals surface area contributed by atoms with Crippen LogP contribution in [0.2, 0.25) is 0 Å². The minimum absolute atomic E-state index is 0.0926. The number of nitrogens with zero attached hydrogens (tertiary/aromatic N) is 1. The summed E-state index contributed by atoms with van der Waals surface area (Å²) in [4.78, 5) is 37.4. The van der Waals surface area contributed by atoms with Crippen molar-refractivity contribution in [1.29, 1.82) is 0 Å². The second kappa shape index (κ2) is 7.79. The van der Waals surface area contributed by atoms with Crippen molar-refractivity contribution < 1.29 is 18.7 Å². The lowest BCUT2D eigenvalue weighted by molar-refractivity contribution is -0.118. The van der Waals surface area contributed by atoms with Crippen LogP contribution >= 0.6 is 0 Å². The fraction of sp³-hybridized carbons (Fsp3) is 0.227. The molecule has 0 radical (unpaired) electrons. The lowest BCUT2D eigenvalue weighted by atomic mass is 10.1. The maximum atomic E-state index is 12.3. The van der Waals surface area contributed by atoms with Gasteiger partial charge >= 0.3 is 5.63 Å². The van der Waals surface area contributed by atoms with E-state index in [1.807, 2.05) is 13.0 Å². The van der Waals surface area contributed by atoms with Gasteiger partial charge in [-0.15, -0.1) is 0 Å². The van der Waals surface area contributed by atoms with Crippen LogP contribution in [0.15, 0.2) is 57.7 Å². The second-order valence-corrected chi connectivity index (χ2v) is 6.94. The Labute approximate surface area is 166 Å². The number of benzene rings is 2. The van der Waals surface area contributed by atoms with Crippen LogP contribution in [0.5, 0.6) is 5.75 Å². The molecule has 1 aliphatic rings. The van der Waals surface area contributed by atoms with E-state index in [-0.39, 0.29) is 18.4 Å². The van der Waals surface area contributed by atoms with Crippen LogP contribution < -0.4 is 20.6 Å². The topological polar surface area (TPSA) is 88.8 Å². The normalized spacial score (nSPS) is 13.7. The molecule has 2 heterocycles. The lowest BCUT2D eigenvalue weighted by Crippen LogP contribution is -2.24. The largest absolute Gasteiger partial charge is 0.484 e. The number of rotatable bonds is 5. The molecule has 1 saturated heterocycles. The average molecular weight is 392 g/mol. The van der Waals surface area contributed by atoms with Crippen molar-refractivity contribution in [2.45, 2.75) is 19.8 Å². The molecule has 1 aliphatic heterocycles. The molecule has 1 aromatic heterocycles. The fourth-order valence-electron chi connectivity index (χ4n) is 3.41. The van der Waals surface area contributed by atoms with E-state index in [0.29, 0.717) is 30.0 Å². The molecular weight excluding hydrogens is 372 g/mol. The number of carbonyl (C=O) groups is 2. The summed E-state index contributed by atoms with van der Waals surface area (Å²) >= 11 is 0. The van der Waals surface area contributed by atoms with Crippen LogP contribution in [0.3, 0.4) is 0 Å². The summed E-state index contributed by atoms with van der Waals surface area (Å²) in [5.74, 6) is 0.188. The van der Waals surface area contributed by atoms with Crippen LogP contribution in [-0.2, 0) is 9.59 Å². The quantitative estimate of drug-likeness (QED) is 0.674. The molecule has 7 nitrogen and oxygen atoms in total. The summed E-state index contributed by atoms with van der Waals surface area (Å²) < 4.78 is 10.7. The number of amides is 2. The molecule has 148 valence electrons. The van der Waals surface area contributed by atoms with Crippen LogP contribution in [-0.4, -0.2) is 25.0 Å². The molecule has 1 fully saturated rings. The number of nitrogens with one attached hydrogen (secondary N) is 1. The average Bonchev–Trinajstić information content (AvgIpc) is 3.12. The zero-order chi connectivity index (χ0) is 20.4. The Hall–Kier alpha value is -3.61. The van der Waals surface area contributed by atoms with Crippen LogP contribution in [0, 0.1) is 6.92 Å². The van der Waals surface area contributed by atoms with Gasteiger partial charge in [0.05, 0.1) is 0 Å². The Bertz CT molecular complexity index is 1150. The van der Waals surface area contributed by atoms with Gasteiger partial charge in [-0.25, -0.2) is 4.79 Å². The van der Waals surface area contributed by atoms with Crippen molar-refractivity contribution in [1.82, 2.24) is 0 Å². The van der Waals surface area contributed by atoms with E-state index < -0.39 is 5.63 Å². The molecular formula is C22H20N2O5. The highest BCUT2D eigenvalue weighted by atomic mass is 16.5. The summed E-state index contributed by atoms with van der Waals surface area (Å²) in [5.41, 5.74) is 2.16. The third-order valence-electron chi connectivity index (χ3n) is 4.81. The van der Waals surface area contributed by atoms with E-state index in [0.717, 1.165) is 23.1 Å². The van der Waals surface area contributed by atoms with E-state index in [1.54, 1.807) is 41.3 Å². The summed E-state index contributed by atoms with van der Waals surface area (Å²) in [6, 6.07) is 13.7. The van der Waals surface area contributed by atoms with Crippen LogP contribution in [0.1, 0.15) is 18.4 Å². The monoisotopic (exact) mass is 392 g/mol. The fourth-order valence-corrected chi connectivity index (χ4v) is 3.41. The number of hydrogen-bond acceptors (Lipinski definition) is 5. The molecule has 0 atom stereocenters. The molecule has 2 amide bonds. The van der Waals surface area contributed by atoms with Crippen molar-refractivity contribution in [3.05, 3.63) is 64.5 Å². The zero-order valence-corrected chi connectivity index (χ0v) is 15.9. The Balaban J connectivity index is 1.41. The van der Waals surface area contributed by atoms with E-state index in [4.69, 9.17) is 9.15 Å². The third-order valence-corrected chi connectivity index (χ3v) is 4.81. The predicted molar refractivity (Wildman–Crippen MR) is 109 cm³/mol. The molecule has 3 aromatic rings. The summed E-state index contributed by atoms with van der Waals surface area (Å²) in [6.07, 6.45) is 1.39. The number of fused-ring (bicyclic) bond motifs is 1. The second-order valence-electron chi connectivity index (χ2n) is 6.94. The summed E-state index contributed by atoms with van der Waals surface area (Å²) in [6.45, 7) is 2.32. The number of hydrogen-bond donors (Lipinski definition) is 1. The van der Waals surface area contributed by atoms with E-state index in [9.17, 15) is 14.4 Å². The minimum atomic E-state index is -0.429. The van der Waals surface area contributed by atoms with Crippen molar-refractivity contribution in [2.75, 3.05) is 23.4 Å². The van der Waals surface area contributed by atoms with Gasteiger partial charge in [-0.1, -0.05) is 6.07 Å². The Kier molecular flexibility index (Phi) is 5.03. The highest BCUT2D eigenvalue weighted by Crippen LogP contribution is 2.25. The molecule has 29 heavy (non-hydrogen) atoms. The maximum absolute atomic E-state index is 12.3. The molecule has 0 bridgehead atoms. The molecule has 0 aliphatic carbocycles. The van der Waals surface area contributed by atoms with Gasteiger partial charge in [0, 0.05) is 41.9 Å². The van der Waals surface area contributed by atoms with E-state index >= 15 is 0 Å². The van der Waals surface area contributed by atoms with Gasteiger partial charge in [0.25, 0.3) is 5.91 Å². The molecule has 7 heteroatoms. The SMILES string of the molecule is Cc1cc(=O)oc2cc(OCC(=O)Nc3cccc(N4CCCC4=O)c3)ccc12. The number of ether oxygens (including phenoxy) is 1. The van der Waals surface area contributed by atoms with Crippen molar-refractivity contribution in [2.24, 2.45) is 0 Å². The molecule has 1 N–H and O–H groups in total. The highest BCUT2D eigenvalue weighted by molar-refractivity contribution is 5.97. The first-order chi connectivity index (χ1) is 14.0. The molecule has 0 spiro atoms. The van der Waals surface area contributed by atoms with Gasteiger partial charge in [0.15, 0.2) is 6.61 Å². The molecule has 2 aromatic carbocycles. The smallest absolute Gasteiger partial charge is 0.336 e. The first-order valence-corrected chi connectivity index (χ1v) is 9.37. The Morgan fingerprint density at radius 3 is 2.83 bits per heavy atom. The maximum Gasteiger partial charge on any atom is 0.336 e. The summed E-state index contributed by atoms with van der Waals surface area (Å²) in [5, 5.41) is 3.59. The minimum Gasteiger partial charge on any atom is -0.484 e. The number of aryl methyl sites for hydroxylation is 1. The Morgan fingerprint density at radius 2 is 2.03 bits per heavy atom. The van der Waals surface area contributed by atoms with E-state index in [1.165, 1.54) is 6.07 Å².